The molecule has 1 amide bonds. The van der Waals surface area contributed by atoms with Crippen LogP contribution in [0.25, 0.3) is 0 Å². The first-order chi connectivity index (χ1) is 12.2. The molecule has 0 aliphatic heterocycles. The zero-order valence-corrected chi connectivity index (χ0v) is 16.0. The topological polar surface area (TPSA) is 63.9 Å². The van der Waals surface area contributed by atoms with E-state index in [0.717, 1.165) is 44.3 Å². The standard InChI is InChI=1S/C18H30ClN5O/c1-23(14-8-3-2-4-9-14)18(25)13-7-12-17-20-21-22-24(17)16-11-6-5-10-15(16)19/h14-16H,2-13H2,1H3. The Morgan fingerprint density at radius 1 is 1.16 bits per heavy atom. The Morgan fingerprint density at radius 3 is 2.64 bits per heavy atom. The van der Waals surface area contributed by atoms with Gasteiger partial charge in [-0.15, -0.1) is 16.7 Å². The van der Waals surface area contributed by atoms with Crippen molar-refractivity contribution >= 4 is 17.5 Å². The molecule has 1 aromatic heterocycles. The van der Waals surface area contributed by atoms with E-state index in [9.17, 15) is 4.79 Å². The molecule has 6 nitrogen and oxygen atoms in total. The van der Waals surface area contributed by atoms with Crippen LogP contribution < -0.4 is 0 Å². The SMILES string of the molecule is CN(C(=O)CCCc1nnnn1C1CCCCC1Cl)C1CCCCC1. The minimum Gasteiger partial charge on any atom is -0.343 e. The predicted octanol–water partition coefficient (Wildman–Crippen LogP) is 3.51. The molecule has 0 aromatic carbocycles. The van der Waals surface area contributed by atoms with Gasteiger partial charge in [-0.05, 0) is 42.5 Å². The highest BCUT2D eigenvalue weighted by atomic mass is 35.5. The van der Waals surface area contributed by atoms with Crippen molar-refractivity contribution in [3.05, 3.63) is 5.82 Å². The van der Waals surface area contributed by atoms with Crippen molar-refractivity contribution in [2.24, 2.45) is 0 Å². The Labute approximate surface area is 155 Å². The summed E-state index contributed by atoms with van der Waals surface area (Å²) in [6, 6.07) is 0.631. The second kappa shape index (κ2) is 8.97. The smallest absolute Gasteiger partial charge is 0.222 e. The molecule has 2 unspecified atom stereocenters. The predicted molar refractivity (Wildman–Crippen MR) is 97.5 cm³/mol. The molecule has 2 fully saturated rings. The van der Waals surface area contributed by atoms with E-state index in [-0.39, 0.29) is 17.3 Å². The summed E-state index contributed by atoms with van der Waals surface area (Å²) in [6.45, 7) is 0. The zero-order chi connectivity index (χ0) is 17.6. The molecule has 25 heavy (non-hydrogen) atoms. The summed E-state index contributed by atoms with van der Waals surface area (Å²) in [7, 11) is 1.96. The summed E-state index contributed by atoms with van der Waals surface area (Å²) >= 11 is 6.48. The lowest BCUT2D eigenvalue weighted by Crippen LogP contribution is -2.38. The summed E-state index contributed by atoms with van der Waals surface area (Å²) in [4.78, 5) is 14.4. The molecule has 0 spiro atoms. The van der Waals surface area contributed by atoms with Gasteiger partial charge in [-0.2, -0.15) is 0 Å². The first kappa shape index (κ1) is 18.6. The van der Waals surface area contributed by atoms with Crippen LogP contribution in [-0.4, -0.2) is 49.5 Å². The summed E-state index contributed by atoms with van der Waals surface area (Å²) in [6.07, 6.45) is 12.6. The molecule has 2 aliphatic carbocycles. The van der Waals surface area contributed by atoms with E-state index in [4.69, 9.17) is 11.6 Å². The number of halogens is 1. The molecule has 0 saturated heterocycles. The number of rotatable bonds is 6. The van der Waals surface area contributed by atoms with Gasteiger partial charge in [0.1, 0.15) is 0 Å². The second-order valence-corrected chi connectivity index (χ2v) is 8.12. The number of aromatic nitrogens is 4. The van der Waals surface area contributed by atoms with Gasteiger partial charge in [0.25, 0.3) is 0 Å². The van der Waals surface area contributed by atoms with Crippen molar-refractivity contribution in [2.45, 2.75) is 94.5 Å². The number of tetrazole rings is 1. The summed E-state index contributed by atoms with van der Waals surface area (Å²) < 4.78 is 1.91. The van der Waals surface area contributed by atoms with Crippen LogP contribution in [-0.2, 0) is 11.2 Å². The normalized spacial score (nSPS) is 25.0. The number of carbonyl (C=O) groups excluding carboxylic acids is 1. The highest BCUT2D eigenvalue weighted by Crippen LogP contribution is 2.32. The fourth-order valence-corrected chi connectivity index (χ4v) is 4.61. The average molecular weight is 368 g/mol. The molecule has 3 rings (SSSR count). The van der Waals surface area contributed by atoms with Crippen LogP contribution >= 0.6 is 11.6 Å². The van der Waals surface area contributed by atoms with E-state index in [1.54, 1.807) is 0 Å². The van der Waals surface area contributed by atoms with Crippen molar-refractivity contribution in [3.8, 4) is 0 Å². The van der Waals surface area contributed by atoms with Gasteiger partial charge in [0, 0.05) is 25.9 Å². The summed E-state index contributed by atoms with van der Waals surface area (Å²) in [5.74, 6) is 1.12. The van der Waals surface area contributed by atoms with E-state index in [0.29, 0.717) is 12.5 Å². The molecule has 140 valence electrons. The molecule has 0 radical (unpaired) electrons. The van der Waals surface area contributed by atoms with Crippen molar-refractivity contribution in [3.63, 3.8) is 0 Å². The fourth-order valence-electron chi connectivity index (χ4n) is 4.22. The summed E-state index contributed by atoms with van der Waals surface area (Å²) in [5.41, 5.74) is 0. The van der Waals surface area contributed by atoms with Crippen molar-refractivity contribution in [1.82, 2.24) is 25.1 Å². The zero-order valence-electron chi connectivity index (χ0n) is 15.2. The molecule has 1 heterocycles. The Bertz CT molecular complexity index is 557. The largest absolute Gasteiger partial charge is 0.343 e. The third-order valence-electron chi connectivity index (χ3n) is 5.83. The maximum absolute atomic E-state index is 12.5. The Balaban J connectivity index is 1.49. The van der Waals surface area contributed by atoms with Crippen molar-refractivity contribution in [1.29, 1.82) is 0 Å². The van der Waals surface area contributed by atoms with Crippen LogP contribution in [0.4, 0.5) is 0 Å². The van der Waals surface area contributed by atoms with Gasteiger partial charge in [0.2, 0.25) is 5.91 Å². The third-order valence-corrected chi connectivity index (χ3v) is 6.34. The number of aryl methyl sites for hydroxylation is 1. The minimum absolute atomic E-state index is 0.107. The number of carbonyl (C=O) groups is 1. The van der Waals surface area contributed by atoms with E-state index in [1.807, 2.05) is 16.6 Å². The lowest BCUT2D eigenvalue weighted by molar-refractivity contribution is -0.132. The Kier molecular flexibility index (Phi) is 6.68. The fraction of sp³-hybridized carbons (Fsp3) is 0.889. The highest BCUT2D eigenvalue weighted by Gasteiger charge is 2.28. The first-order valence-electron chi connectivity index (χ1n) is 9.83. The first-order valence-corrected chi connectivity index (χ1v) is 10.3. The van der Waals surface area contributed by atoms with E-state index < -0.39 is 0 Å². The highest BCUT2D eigenvalue weighted by molar-refractivity contribution is 6.21. The third kappa shape index (κ3) is 4.72. The molecule has 2 saturated carbocycles. The molecular formula is C18H30ClN5O. The lowest BCUT2D eigenvalue weighted by Gasteiger charge is -2.31. The van der Waals surface area contributed by atoms with Gasteiger partial charge in [0.15, 0.2) is 5.82 Å². The van der Waals surface area contributed by atoms with E-state index >= 15 is 0 Å². The Hall–Kier alpha value is -1.17. The number of nitrogens with zero attached hydrogens (tertiary/aromatic N) is 5. The van der Waals surface area contributed by atoms with E-state index in [2.05, 4.69) is 15.5 Å². The van der Waals surface area contributed by atoms with Gasteiger partial charge in [-0.1, -0.05) is 32.1 Å². The van der Waals surface area contributed by atoms with Crippen LogP contribution in [0.5, 0.6) is 0 Å². The second-order valence-electron chi connectivity index (χ2n) is 7.56. The molecule has 7 heteroatoms. The Morgan fingerprint density at radius 2 is 1.88 bits per heavy atom. The van der Waals surface area contributed by atoms with Gasteiger partial charge in [-0.3, -0.25) is 4.79 Å². The summed E-state index contributed by atoms with van der Waals surface area (Å²) in [5, 5.41) is 12.3. The van der Waals surface area contributed by atoms with Crippen LogP contribution in [0.1, 0.15) is 82.5 Å². The molecule has 0 bridgehead atoms. The van der Waals surface area contributed by atoms with Crippen molar-refractivity contribution in [2.75, 3.05) is 7.05 Å². The maximum Gasteiger partial charge on any atom is 0.222 e. The minimum atomic E-state index is 0.107. The van der Waals surface area contributed by atoms with Crippen LogP contribution in [0, 0.1) is 0 Å². The average Bonchev–Trinajstić information content (AvgIpc) is 3.10. The molecule has 2 aliphatic rings. The quantitative estimate of drug-likeness (QED) is 0.722. The van der Waals surface area contributed by atoms with Crippen molar-refractivity contribution < 1.29 is 4.79 Å². The van der Waals surface area contributed by atoms with Gasteiger partial charge < -0.3 is 4.90 Å². The lowest BCUT2D eigenvalue weighted by atomic mass is 9.94. The van der Waals surface area contributed by atoms with Crippen LogP contribution in [0.15, 0.2) is 0 Å². The molecule has 0 N–H and O–H groups in total. The number of amides is 1. The van der Waals surface area contributed by atoms with Crippen LogP contribution in [0.2, 0.25) is 0 Å². The van der Waals surface area contributed by atoms with Crippen LogP contribution in [0.3, 0.4) is 0 Å². The van der Waals surface area contributed by atoms with E-state index in [1.165, 1.54) is 32.1 Å². The number of alkyl halides is 1. The molecule has 1 aromatic rings. The number of hydrogen-bond donors (Lipinski definition) is 0. The monoisotopic (exact) mass is 367 g/mol. The van der Waals surface area contributed by atoms with Gasteiger partial charge in [0.05, 0.1) is 11.4 Å². The van der Waals surface area contributed by atoms with Gasteiger partial charge in [-0.25, -0.2) is 4.68 Å². The molecular weight excluding hydrogens is 338 g/mol. The maximum atomic E-state index is 12.5. The van der Waals surface area contributed by atoms with Gasteiger partial charge >= 0.3 is 0 Å². The number of hydrogen-bond acceptors (Lipinski definition) is 4. The molecule has 2 atom stereocenters.